The minimum Gasteiger partial charge on any atom is -0.495 e. The number of nitrogens with one attached hydrogen (secondary N) is 1. The largest absolute Gasteiger partial charge is 0.495 e. The first-order chi connectivity index (χ1) is 9.10. The van der Waals surface area contributed by atoms with E-state index in [0.717, 1.165) is 19.4 Å². The molecule has 1 heterocycles. The summed E-state index contributed by atoms with van der Waals surface area (Å²) in [4.78, 5) is 14.3. The number of benzene rings is 1. The van der Waals surface area contributed by atoms with Gasteiger partial charge in [-0.05, 0) is 44.6 Å². The minimum absolute atomic E-state index is 0.000633. The number of hydrogen-bond donors (Lipinski definition) is 1. The molecule has 0 spiro atoms. The van der Waals surface area contributed by atoms with Crippen molar-refractivity contribution in [3.63, 3.8) is 0 Å². The van der Waals surface area contributed by atoms with Crippen molar-refractivity contribution < 1.29 is 9.53 Å². The SMILES string of the molecule is COc1ccc(Cl)cc1NC(=O)CC1CCCN1C. The van der Waals surface area contributed by atoms with Crippen LogP contribution in [0.5, 0.6) is 5.75 Å². The number of rotatable bonds is 4. The monoisotopic (exact) mass is 282 g/mol. The third kappa shape index (κ3) is 3.61. The Kier molecular flexibility index (Phi) is 4.66. The Hall–Kier alpha value is -1.26. The Morgan fingerprint density at radius 2 is 2.37 bits per heavy atom. The van der Waals surface area contributed by atoms with Crippen molar-refractivity contribution in [1.29, 1.82) is 0 Å². The fourth-order valence-electron chi connectivity index (χ4n) is 2.43. The minimum atomic E-state index is -0.000633. The summed E-state index contributed by atoms with van der Waals surface area (Å²) in [5, 5.41) is 3.45. The van der Waals surface area contributed by atoms with Crippen LogP contribution < -0.4 is 10.1 Å². The molecule has 4 nitrogen and oxygen atoms in total. The molecule has 1 saturated heterocycles. The fraction of sp³-hybridized carbons (Fsp3) is 0.500. The Morgan fingerprint density at radius 3 is 3.00 bits per heavy atom. The van der Waals surface area contributed by atoms with Gasteiger partial charge in [-0.1, -0.05) is 11.6 Å². The molecule has 1 aliphatic heterocycles. The number of amides is 1. The number of ether oxygens (including phenoxy) is 1. The summed E-state index contributed by atoms with van der Waals surface area (Å²) in [7, 11) is 3.63. The van der Waals surface area contributed by atoms with Gasteiger partial charge in [0.1, 0.15) is 5.75 Å². The van der Waals surface area contributed by atoms with Crippen molar-refractivity contribution in [3.8, 4) is 5.75 Å². The van der Waals surface area contributed by atoms with E-state index in [1.54, 1.807) is 25.3 Å². The first-order valence-corrected chi connectivity index (χ1v) is 6.81. The van der Waals surface area contributed by atoms with Crippen LogP contribution >= 0.6 is 11.6 Å². The Labute approximate surface area is 118 Å². The van der Waals surface area contributed by atoms with Crippen molar-refractivity contribution in [1.82, 2.24) is 4.90 Å². The van der Waals surface area contributed by atoms with Gasteiger partial charge in [0.2, 0.25) is 5.91 Å². The zero-order chi connectivity index (χ0) is 13.8. The van der Waals surface area contributed by atoms with Crippen LogP contribution in [0.2, 0.25) is 5.02 Å². The molecule has 1 atom stereocenters. The summed E-state index contributed by atoms with van der Waals surface area (Å²) in [6.07, 6.45) is 2.75. The lowest BCUT2D eigenvalue weighted by molar-refractivity contribution is -0.117. The van der Waals surface area contributed by atoms with Crippen molar-refractivity contribution in [2.75, 3.05) is 26.0 Å². The van der Waals surface area contributed by atoms with E-state index < -0.39 is 0 Å². The van der Waals surface area contributed by atoms with Gasteiger partial charge in [0.05, 0.1) is 12.8 Å². The van der Waals surface area contributed by atoms with E-state index in [4.69, 9.17) is 16.3 Å². The molecule has 5 heteroatoms. The lowest BCUT2D eigenvalue weighted by Crippen LogP contribution is -2.29. The van der Waals surface area contributed by atoms with Gasteiger partial charge in [-0.2, -0.15) is 0 Å². The third-order valence-electron chi connectivity index (χ3n) is 3.53. The Bertz CT molecular complexity index is 465. The highest BCUT2D eigenvalue weighted by Gasteiger charge is 2.23. The van der Waals surface area contributed by atoms with Gasteiger partial charge in [-0.25, -0.2) is 0 Å². The fourth-order valence-corrected chi connectivity index (χ4v) is 2.60. The van der Waals surface area contributed by atoms with Crippen molar-refractivity contribution in [2.45, 2.75) is 25.3 Å². The molecular weight excluding hydrogens is 264 g/mol. The number of carbonyl (C=O) groups is 1. The first kappa shape index (κ1) is 14.2. The van der Waals surface area contributed by atoms with Gasteiger partial charge in [-0.3, -0.25) is 4.79 Å². The van der Waals surface area contributed by atoms with Gasteiger partial charge >= 0.3 is 0 Å². The molecule has 0 saturated carbocycles. The van der Waals surface area contributed by atoms with Crippen LogP contribution in [0, 0.1) is 0 Å². The van der Waals surface area contributed by atoms with Crippen LogP contribution in [0.15, 0.2) is 18.2 Å². The lowest BCUT2D eigenvalue weighted by atomic mass is 10.1. The summed E-state index contributed by atoms with van der Waals surface area (Å²) < 4.78 is 5.21. The summed E-state index contributed by atoms with van der Waals surface area (Å²) in [6, 6.07) is 5.53. The molecule has 1 N–H and O–H groups in total. The zero-order valence-electron chi connectivity index (χ0n) is 11.3. The average molecular weight is 283 g/mol. The van der Waals surface area contributed by atoms with Crippen LogP contribution in [-0.2, 0) is 4.79 Å². The summed E-state index contributed by atoms with van der Waals surface area (Å²) in [6.45, 7) is 1.07. The topological polar surface area (TPSA) is 41.6 Å². The molecular formula is C14H19ClN2O2. The van der Waals surface area contributed by atoms with Crippen molar-refractivity contribution in [3.05, 3.63) is 23.2 Å². The molecule has 0 aliphatic carbocycles. The highest BCUT2D eigenvalue weighted by Crippen LogP contribution is 2.28. The van der Waals surface area contributed by atoms with E-state index >= 15 is 0 Å². The number of nitrogens with zero attached hydrogens (tertiary/aromatic N) is 1. The van der Waals surface area contributed by atoms with Crippen LogP contribution in [-0.4, -0.2) is 37.6 Å². The lowest BCUT2D eigenvalue weighted by Gasteiger charge is -2.19. The Morgan fingerprint density at radius 1 is 1.58 bits per heavy atom. The van der Waals surface area contributed by atoms with Crippen molar-refractivity contribution >= 4 is 23.2 Å². The van der Waals surface area contributed by atoms with Gasteiger partial charge in [0, 0.05) is 17.5 Å². The summed E-state index contributed by atoms with van der Waals surface area (Å²) in [5.74, 6) is 0.622. The number of methoxy groups -OCH3 is 1. The number of likely N-dealkylation sites (tertiary alicyclic amines) is 1. The zero-order valence-corrected chi connectivity index (χ0v) is 12.0. The predicted octanol–water partition coefficient (Wildman–Crippen LogP) is 2.77. The third-order valence-corrected chi connectivity index (χ3v) is 3.76. The van der Waals surface area contributed by atoms with E-state index in [9.17, 15) is 4.79 Å². The molecule has 1 amide bonds. The molecule has 19 heavy (non-hydrogen) atoms. The molecule has 1 aliphatic rings. The predicted molar refractivity (Wildman–Crippen MR) is 76.9 cm³/mol. The maximum atomic E-state index is 12.1. The van der Waals surface area contributed by atoms with Crippen LogP contribution in [0.25, 0.3) is 0 Å². The number of anilines is 1. The number of halogens is 1. The van der Waals surface area contributed by atoms with Crippen LogP contribution in [0.1, 0.15) is 19.3 Å². The van der Waals surface area contributed by atoms with E-state index in [1.807, 2.05) is 0 Å². The van der Waals surface area contributed by atoms with Crippen LogP contribution in [0.3, 0.4) is 0 Å². The maximum absolute atomic E-state index is 12.1. The second-order valence-electron chi connectivity index (χ2n) is 4.87. The molecule has 2 rings (SSSR count). The number of hydrogen-bond acceptors (Lipinski definition) is 3. The summed E-state index contributed by atoms with van der Waals surface area (Å²) >= 11 is 5.94. The maximum Gasteiger partial charge on any atom is 0.226 e. The normalized spacial score (nSPS) is 19.4. The highest BCUT2D eigenvalue weighted by atomic mass is 35.5. The van der Waals surface area contributed by atoms with Crippen LogP contribution in [0.4, 0.5) is 5.69 Å². The van der Waals surface area contributed by atoms with E-state index in [1.165, 1.54) is 0 Å². The second-order valence-corrected chi connectivity index (χ2v) is 5.31. The Balaban J connectivity index is 2.00. The number of carbonyl (C=O) groups excluding carboxylic acids is 1. The molecule has 1 aromatic rings. The molecule has 1 unspecified atom stereocenters. The molecule has 1 fully saturated rings. The molecule has 0 bridgehead atoms. The smallest absolute Gasteiger partial charge is 0.226 e. The van der Waals surface area contributed by atoms with Crippen molar-refractivity contribution in [2.24, 2.45) is 0 Å². The standard InChI is InChI=1S/C14H19ClN2O2/c1-17-7-3-4-11(17)9-14(18)16-12-8-10(15)5-6-13(12)19-2/h5-6,8,11H,3-4,7,9H2,1-2H3,(H,16,18). The van der Waals surface area contributed by atoms with E-state index in [0.29, 0.717) is 28.9 Å². The highest BCUT2D eigenvalue weighted by molar-refractivity contribution is 6.31. The van der Waals surface area contributed by atoms with Gasteiger partial charge < -0.3 is 15.0 Å². The molecule has 104 valence electrons. The van der Waals surface area contributed by atoms with E-state index in [2.05, 4.69) is 17.3 Å². The first-order valence-electron chi connectivity index (χ1n) is 6.44. The molecule has 1 aromatic carbocycles. The van der Waals surface area contributed by atoms with Gasteiger partial charge in [0.25, 0.3) is 0 Å². The van der Waals surface area contributed by atoms with E-state index in [-0.39, 0.29) is 5.91 Å². The van der Waals surface area contributed by atoms with Gasteiger partial charge in [0.15, 0.2) is 0 Å². The average Bonchev–Trinajstić information content (AvgIpc) is 2.75. The molecule has 0 aromatic heterocycles. The quantitative estimate of drug-likeness (QED) is 0.923. The second kappa shape index (κ2) is 6.26. The molecule has 0 radical (unpaired) electrons. The summed E-state index contributed by atoms with van der Waals surface area (Å²) in [5.41, 5.74) is 0.626. The van der Waals surface area contributed by atoms with Gasteiger partial charge in [-0.15, -0.1) is 0 Å².